The Morgan fingerprint density at radius 1 is 1.25 bits per heavy atom. The van der Waals surface area contributed by atoms with Gasteiger partial charge in [-0.25, -0.2) is 0 Å². The topological polar surface area (TPSA) is 32.3 Å². The lowest BCUT2D eigenvalue weighted by atomic mass is 9.71. The molecule has 3 nitrogen and oxygen atoms in total. The number of hydrogen-bond donors (Lipinski definition) is 1. The Morgan fingerprint density at radius 3 is 2.95 bits per heavy atom. The highest BCUT2D eigenvalue weighted by Gasteiger charge is 2.43. The van der Waals surface area contributed by atoms with Crippen LogP contribution in [0.25, 0.3) is 0 Å². The molecule has 1 fully saturated rings. The number of para-hydroxylation sites is 1. The van der Waals surface area contributed by atoms with E-state index >= 15 is 0 Å². The standard InChI is InChI=1S/C17H20N2O/c1-11(20)19-9-8-13-12(10-19)6-7-15-14-4-2-3-5-16(14)18-17(13)15/h2-5,10,13,15,17-18H,6-9H2,1H3/t13-,15-,17+/m0/s1. The molecule has 4 rings (SSSR count). The van der Waals surface area contributed by atoms with Crippen LogP contribution in [0, 0.1) is 5.92 Å². The van der Waals surface area contributed by atoms with Gasteiger partial charge in [0.25, 0.3) is 0 Å². The second-order valence-electron chi connectivity index (χ2n) is 6.21. The van der Waals surface area contributed by atoms with Crippen molar-refractivity contribution in [2.24, 2.45) is 5.92 Å². The number of nitrogens with zero attached hydrogens (tertiary/aromatic N) is 1. The highest BCUT2D eigenvalue weighted by atomic mass is 16.2. The molecule has 20 heavy (non-hydrogen) atoms. The first-order valence-corrected chi connectivity index (χ1v) is 7.57. The average Bonchev–Trinajstić information content (AvgIpc) is 2.85. The first-order valence-electron chi connectivity index (χ1n) is 7.57. The normalized spacial score (nSPS) is 30.8. The van der Waals surface area contributed by atoms with E-state index in [0.717, 1.165) is 19.4 Å². The molecule has 1 aromatic carbocycles. The number of amides is 1. The quantitative estimate of drug-likeness (QED) is 0.784. The predicted molar refractivity (Wildman–Crippen MR) is 79.4 cm³/mol. The van der Waals surface area contributed by atoms with E-state index in [0.29, 0.717) is 17.9 Å². The molecule has 2 aliphatic heterocycles. The lowest BCUT2D eigenvalue weighted by Gasteiger charge is -2.40. The van der Waals surface area contributed by atoms with Gasteiger partial charge < -0.3 is 10.2 Å². The molecule has 0 unspecified atom stereocenters. The van der Waals surface area contributed by atoms with Gasteiger partial charge in [-0.3, -0.25) is 4.79 Å². The van der Waals surface area contributed by atoms with Crippen LogP contribution in [0.5, 0.6) is 0 Å². The first kappa shape index (κ1) is 12.0. The van der Waals surface area contributed by atoms with E-state index in [4.69, 9.17) is 0 Å². The smallest absolute Gasteiger partial charge is 0.223 e. The summed E-state index contributed by atoms with van der Waals surface area (Å²) in [5, 5.41) is 3.74. The third kappa shape index (κ3) is 1.69. The maximum atomic E-state index is 11.5. The van der Waals surface area contributed by atoms with E-state index in [-0.39, 0.29) is 5.91 Å². The van der Waals surface area contributed by atoms with Crippen LogP contribution >= 0.6 is 0 Å². The lowest BCUT2D eigenvalue weighted by molar-refractivity contribution is -0.126. The summed E-state index contributed by atoms with van der Waals surface area (Å²) in [5.41, 5.74) is 4.27. The molecular formula is C17H20N2O. The number of fused-ring (bicyclic) bond motifs is 5. The summed E-state index contributed by atoms with van der Waals surface area (Å²) in [6.45, 7) is 2.53. The summed E-state index contributed by atoms with van der Waals surface area (Å²) in [5.74, 6) is 1.41. The van der Waals surface area contributed by atoms with E-state index in [2.05, 4.69) is 35.8 Å². The van der Waals surface area contributed by atoms with Gasteiger partial charge in [0.05, 0.1) is 0 Å². The van der Waals surface area contributed by atoms with E-state index in [1.165, 1.54) is 23.2 Å². The minimum absolute atomic E-state index is 0.167. The Hall–Kier alpha value is -1.77. The van der Waals surface area contributed by atoms with Gasteiger partial charge in [0, 0.05) is 43.2 Å². The molecule has 1 saturated carbocycles. The van der Waals surface area contributed by atoms with Gasteiger partial charge in [0.15, 0.2) is 0 Å². The third-order valence-corrected chi connectivity index (χ3v) is 5.18. The van der Waals surface area contributed by atoms with Gasteiger partial charge in [-0.05, 0) is 36.5 Å². The number of hydrogen-bond acceptors (Lipinski definition) is 2. The van der Waals surface area contributed by atoms with Gasteiger partial charge in [0.2, 0.25) is 5.91 Å². The Balaban J connectivity index is 1.65. The summed E-state index contributed by atoms with van der Waals surface area (Å²) in [7, 11) is 0. The summed E-state index contributed by atoms with van der Waals surface area (Å²) >= 11 is 0. The molecule has 1 aliphatic carbocycles. The SMILES string of the molecule is CC(=O)N1C=C2CC[C@H]3c4ccccc4N[C@@H]3[C@H]2CC1. The van der Waals surface area contributed by atoms with Crippen LogP contribution in [-0.4, -0.2) is 23.4 Å². The van der Waals surface area contributed by atoms with Crippen molar-refractivity contribution in [3.8, 4) is 0 Å². The maximum Gasteiger partial charge on any atom is 0.223 e. The third-order valence-electron chi connectivity index (χ3n) is 5.18. The Bertz CT molecular complexity index is 592. The van der Waals surface area contributed by atoms with Crippen LogP contribution in [0.4, 0.5) is 5.69 Å². The molecule has 3 heteroatoms. The monoisotopic (exact) mass is 268 g/mol. The molecule has 3 aliphatic rings. The van der Waals surface area contributed by atoms with Gasteiger partial charge in [-0.1, -0.05) is 18.2 Å². The first-order chi connectivity index (χ1) is 9.74. The molecule has 104 valence electrons. The number of benzene rings is 1. The second kappa shape index (κ2) is 4.37. The molecule has 1 N–H and O–H groups in total. The van der Waals surface area contributed by atoms with E-state index in [1.54, 1.807) is 6.92 Å². The Kier molecular flexibility index (Phi) is 2.62. The van der Waals surface area contributed by atoms with E-state index < -0.39 is 0 Å². The van der Waals surface area contributed by atoms with Gasteiger partial charge in [-0.2, -0.15) is 0 Å². The van der Waals surface area contributed by atoms with Crippen molar-refractivity contribution < 1.29 is 4.79 Å². The zero-order valence-electron chi connectivity index (χ0n) is 11.8. The predicted octanol–water partition coefficient (Wildman–Crippen LogP) is 3.11. The molecule has 0 spiro atoms. The maximum absolute atomic E-state index is 11.5. The molecule has 0 aromatic heterocycles. The molecule has 0 radical (unpaired) electrons. The van der Waals surface area contributed by atoms with Crippen LogP contribution in [0.2, 0.25) is 0 Å². The van der Waals surface area contributed by atoms with Crippen molar-refractivity contribution >= 4 is 11.6 Å². The van der Waals surface area contributed by atoms with Crippen LogP contribution in [0.15, 0.2) is 36.0 Å². The molecule has 1 amide bonds. The fourth-order valence-electron chi connectivity index (χ4n) is 4.20. The summed E-state index contributed by atoms with van der Waals surface area (Å²) in [6, 6.07) is 9.25. The highest BCUT2D eigenvalue weighted by Crippen LogP contribution is 2.49. The molecule has 2 heterocycles. The zero-order valence-corrected chi connectivity index (χ0v) is 11.8. The Labute approximate surface area is 119 Å². The Morgan fingerprint density at radius 2 is 2.10 bits per heavy atom. The largest absolute Gasteiger partial charge is 0.381 e. The number of rotatable bonds is 0. The van der Waals surface area contributed by atoms with Gasteiger partial charge >= 0.3 is 0 Å². The van der Waals surface area contributed by atoms with Crippen molar-refractivity contribution in [3.05, 3.63) is 41.6 Å². The number of anilines is 1. The van der Waals surface area contributed by atoms with Crippen LogP contribution in [0.1, 0.15) is 37.7 Å². The number of carbonyl (C=O) groups excluding carboxylic acids is 1. The lowest BCUT2D eigenvalue weighted by Crippen LogP contribution is -2.41. The van der Waals surface area contributed by atoms with Crippen molar-refractivity contribution in [2.45, 2.75) is 38.1 Å². The van der Waals surface area contributed by atoms with Crippen LogP contribution < -0.4 is 5.32 Å². The number of carbonyl (C=O) groups is 1. The van der Waals surface area contributed by atoms with Crippen LogP contribution in [-0.2, 0) is 4.79 Å². The number of nitrogens with one attached hydrogen (secondary N) is 1. The summed E-state index contributed by atoms with van der Waals surface area (Å²) < 4.78 is 0. The average molecular weight is 268 g/mol. The molecule has 1 aromatic rings. The van der Waals surface area contributed by atoms with Crippen molar-refractivity contribution in [3.63, 3.8) is 0 Å². The second-order valence-corrected chi connectivity index (χ2v) is 6.21. The van der Waals surface area contributed by atoms with Crippen molar-refractivity contribution in [1.82, 2.24) is 4.90 Å². The molecule has 0 saturated heterocycles. The molecule has 3 atom stereocenters. The fraction of sp³-hybridized carbons (Fsp3) is 0.471. The minimum atomic E-state index is 0.167. The van der Waals surface area contributed by atoms with Crippen molar-refractivity contribution in [1.29, 1.82) is 0 Å². The summed E-state index contributed by atoms with van der Waals surface area (Å²) in [6.07, 6.45) is 5.54. The van der Waals surface area contributed by atoms with Crippen LogP contribution in [0.3, 0.4) is 0 Å². The minimum Gasteiger partial charge on any atom is -0.381 e. The highest BCUT2D eigenvalue weighted by molar-refractivity contribution is 5.74. The van der Waals surface area contributed by atoms with Crippen molar-refractivity contribution in [2.75, 3.05) is 11.9 Å². The molecule has 0 bridgehead atoms. The van der Waals surface area contributed by atoms with E-state index in [9.17, 15) is 4.79 Å². The molecular weight excluding hydrogens is 248 g/mol. The summed E-state index contributed by atoms with van der Waals surface area (Å²) in [4.78, 5) is 13.4. The fourth-order valence-corrected chi connectivity index (χ4v) is 4.20. The van der Waals surface area contributed by atoms with Gasteiger partial charge in [0.1, 0.15) is 0 Å². The van der Waals surface area contributed by atoms with Gasteiger partial charge in [-0.15, -0.1) is 0 Å². The zero-order chi connectivity index (χ0) is 13.7. The van der Waals surface area contributed by atoms with E-state index in [1.807, 2.05) is 4.90 Å².